The first-order valence-corrected chi connectivity index (χ1v) is 9.36. The smallest absolute Gasteiger partial charge is 0.356 e. The average Bonchev–Trinajstić information content (AvgIpc) is 2.80. The van der Waals surface area contributed by atoms with Crippen molar-refractivity contribution in [2.45, 2.75) is 0 Å². The number of carbonyl (C=O) groups excluding carboxylic acids is 2. The largest absolute Gasteiger partial charge is 0.484 e. The molecule has 0 aliphatic rings. The van der Waals surface area contributed by atoms with Crippen molar-refractivity contribution in [2.75, 3.05) is 17.5 Å². The molecule has 3 rings (SSSR count). The van der Waals surface area contributed by atoms with Crippen LogP contribution in [0.25, 0.3) is 0 Å². The number of amides is 2. The molecule has 1 aromatic heterocycles. The summed E-state index contributed by atoms with van der Waals surface area (Å²) in [6, 6.07) is 14.6. The van der Waals surface area contributed by atoms with Crippen molar-refractivity contribution < 1.29 is 19.2 Å². The maximum Gasteiger partial charge on any atom is 0.356 e. The topological polar surface area (TPSA) is 160 Å². The summed E-state index contributed by atoms with van der Waals surface area (Å²) in [6.45, 7) is -0.335. The second-order valence-electron chi connectivity index (χ2n) is 6.04. The van der Waals surface area contributed by atoms with Gasteiger partial charge in [-0.1, -0.05) is 29.8 Å². The van der Waals surface area contributed by atoms with Crippen LogP contribution >= 0.6 is 11.6 Å². The highest BCUT2D eigenvalue weighted by atomic mass is 35.5. The fourth-order valence-electron chi connectivity index (χ4n) is 2.35. The number of carbonyl (C=O) groups is 2. The molecular weight excluding hydrogens is 442 g/mol. The van der Waals surface area contributed by atoms with Gasteiger partial charge in [0.2, 0.25) is 11.6 Å². The zero-order chi connectivity index (χ0) is 22.9. The Morgan fingerprint density at radius 2 is 1.59 bits per heavy atom. The Kier molecular flexibility index (Phi) is 7.33. The van der Waals surface area contributed by atoms with E-state index in [4.69, 9.17) is 16.3 Å². The van der Waals surface area contributed by atoms with E-state index in [9.17, 15) is 19.7 Å². The Bertz CT molecular complexity index is 1110. The van der Waals surface area contributed by atoms with E-state index in [0.29, 0.717) is 10.8 Å². The van der Waals surface area contributed by atoms with E-state index in [-0.39, 0.29) is 23.8 Å². The summed E-state index contributed by atoms with van der Waals surface area (Å²) in [7, 11) is 0. The number of nitrogens with one attached hydrogen (secondary N) is 4. The molecule has 2 aromatic carbocycles. The number of aromatic nitrogens is 2. The van der Waals surface area contributed by atoms with Crippen molar-refractivity contribution in [1.29, 1.82) is 0 Å². The van der Waals surface area contributed by atoms with E-state index in [0.717, 1.165) is 6.33 Å². The van der Waals surface area contributed by atoms with Gasteiger partial charge >= 0.3 is 5.69 Å². The van der Waals surface area contributed by atoms with Gasteiger partial charge in [0.1, 0.15) is 12.1 Å². The molecule has 0 aliphatic heterocycles. The number of anilines is 2. The summed E-state index contributed by atoms with van der Waals surface area (Å²) in [5.74, 6) is -1.30. The van der Waals surface area contributed by atoms with Gasteiger partial charge in [0.25, 0.3) is 11.8 Å². The first kappa shape index (κ1) is 22.2. The molecule has 0 radical (unpaired) electrons. The highest BCUT2D eigenvalue weighted by molar-refractivity contribution is 6.30. The van der Waals surface area contributed by atoms with Gasteiger partial charge in [-0.3, -0.25) is 41.4 Å². The van der Waals surface area contributed by atoms with E-state index < -0.39 is 22.4 Å². The molecule has 12 nitrogen and oxygen atoms in total. The molecule has 32 heavy (non-hydrogen) atoms. The van der Waals surface area contributed by atoms with Crippen LogP contribution in [-0.4, -0.2) is 33.3 Å². The minimum Gasteiger partial charge on any atom is -0.484 e. The number of hydrogen-bond acceptors (Lipinski definition) is 9. The number of nitro groups is 1. The van der Waals surface area contributed by atoms with Crippen LogP contribution in [-0.2, 0) is 4.79 Å². The quantitative estimate of drug-likeness (QED) is 0.279. The summed E-state index contributed by atoms with van der Waals surface area (Å²) >= 11 is 5.78. The molecule has 2 amide bonds. The second-order valence-corrected chi connectivity index (χ2v) is 6.47. The van der Waals surface area contributed by atoms with Crippen LogP contribution < -0.4 is 26.4 Å². The van der Waals surface area contributed by atoms with Crippen LogP contribution in [0.1, 0.15) is 10.4 Å². The van der Waals surface area contributed by atoms with Crippen LogP contribution in [0.5, 0.6) is 5.75 Å². The first-order chi connectivity index (χ1) is 15.4. The Hall–Kier alpha value is -4.45. The van der Waals surface area contributed by atoms with Crippen molar-refractivity contribution in [1.82, 2.24) is 20.8 Å². The molecule has 0 atom stereocenters. The summed E-state index contributed by atoms with van der Waals surface area (Å²) in [5, 5.41) is 12.0. The zero-order valence-electron chi connectivity index (χ0n) is 16.2. The van der Waals surface area contributed by atoms with Crippen molar-refractivity contribution in [2.24, 2.45) is 0 Å². The number of ether oxygens (including phenoxy) is 1. The lowest BCUT2D eigenvalue weighted by Gasteiger charge is -2.12. The monoisotopic (exact) mass is 457 g/mol. The van der Waals surface area contributed by atoms with Crippen LogP contribution in [0.15, 0.2) is 60.9 Å². The minimum absolute atomic E-state index is 0.266. The minimum atomic E-state index is -0.772. The lowest BCUT2D eigenvalue weighted by molar-refractivity contribution is -0.383. The van der Waals surface area contributed by atoms with E-state index in [1.807, 2.05) is 0 Å². The summed E-state index contributed by atoms with van der Waals surface area (Å²) in [5.41, 5.74) is 8.95. The van der Waals surface area contributed by atoms with E-state index >= 15 is 0 Å². The predicted octanol–water partition coefficient (Wildman–Crippen LogP) is 2.32. The molecule has 0 bridgehead atoms. The summed E-state index contributed by atoms with van der Waals surface area (Å²) in [4.78, 5) is 42.4. The van der Waals surface area contributed by atoms with Gasteiger partial charge < -0.3 is 4.74 Å². The first-order valence-electron chi connectivity index (χ1n) is 8.98. The maximum absolute atomic E-state index is 12.2. The van der Waals surface area contributed by atoms with Gasteiger partial charge in [0, 0.05) is 10.6 Å². The van der Waals surface area contributed by atoms with E-state index in [1.54, 1.807) is 30.3 Å². The van der Waals surface area contributed by atoms with Gasteiger partial charge in [-0.05, 0) is 36.4 Å². The molecule has 13 heteroatoms. The number of halogens is 1. The molecule has 0 aliphatic carbocycles. The van der Waals surface area contributed by atoms with Crippen molar-refractivity contribution in [3.63, 3.8) is 0 Å². The van der Waals surface area contributed by atoms with Gasteiger partial charge in [0.05, 0.1) is 4.92 Å². The maximum atomic E-state index is 12.2. The number of hydrogen-bond donors (Lipinski definition) is 4. The molecule has 0 saturated carbocycles. The van der Waals surface area contributed by atoms with Gasteiger partial charge in [-0.25, -0.2) is 9.97 Å². The van der Waals surface area contributed by atoms with Gasteiger partial charge in [-0.15, -0.1) is 0 Å². The Morgan fingerprint density at radius 3 is 2.22 bits per heavy atom. The molecule has 3 aromatic rings. The molecule has 0 saturated heterocycles. The highest BCUT2D eigenvalue weighted by Crippen LogP contribution is 2.27. The molecule has 0 unspecified atom stereocenters. The fraction of sp³-hybridized carbons (Fsp3) is 0.0526. The fourth-order valence-corrected chi connectivity index (χ4v) is 2.48. The third-order valence-electron chi connectivity index (χ3n) is 3.84. The Labute approximate surface area is 186 Å². The number of benzene rings is 2. The lowest BCUT2D eigenvalue weighted by atomic mass is 10.2. The number of hydrazine groups is 2. The van der Waals surface area contributed by atoms with Crippen molar-refractivity contribution >= 4 is 40.7 Å². The van der Waals surface area contributed by atoms with Gasteiger partial charge in [-0.2, -0.15) is 0 Å². The van der Waals surface area contributed by atoms with Crippen molar-refractivity contribution in [3.8, 4) is 5.75 Å². The molecule has 0 fully saturated rings. The predicted molar refractivity (Wildman–Crippen MR) is 115 cm³/mol. The highest BCUT2D eigenvalue weighted by Gasteiger charge is 2.24. The van der Waals surface area contributed by atoms with E-state index in [2.05, 4.69) is 31.7 Å². The molecular formula is C19H16ClN7O5. The lowest BCUT2D eigenvalue weighted by Crippen LogP contribution is -2.34. The number of para-hydroxylation sites is 1. The standard InChI is InChI=1S/C19H16ClN7O5/c20-13-8-6-12(7-9-13)19(29)26-25-18-16(27(30)31)17(21-11-22-18)24-23-15(28)10-32-14-4-2-1-3-5-14/h1-9,11H,10H2,(H,23,28)(H,26,29)(H2,21,22,24,25). The molecule has 4 N–H and O–H groups in total. The van der Waals surface area contributed by atoms with Crippen LogP contribution in [0, 0.1) is 10.1 Å². The molecule has 1 heterocycles. The normalized spacial score (nSPS) is 10.0. The van der Waals surface area contributed by atoms with E-state index in [1.165, 1.54) is 24.3 Å². The SMILES string of the molecule is O=C(COc1ccccc1)NNc1ncnc(NNC(=O)c2ccc(Cl)cc2)c1[N+](=O)[O-]. The Morgan fingerprint density at radius 1 is 0.969 bits per heavy atom. The average molecular weight is 458 g/mol. The Balaban J connectivity index is 1.62. The summed E-state index contributed by atoms with van der Waals surface area (Å²) in [6.07, 6.45) is 1.01. The van der Waals surface area contributed by atoms with Crippen LogP contribution in [0.3, 0.4) is 0 Å². The number of nitrogens with zero attached hydrogens (tertiary/aromatic N) is 3. The zero-order valence-corrected chi connectivity index (χ0v) is 17.0. The van der Waals surface area contributed by atoms with Crippen molar-refractivity contribution in [3.05, 3.63) is 81.6 Å². The van der Waals surface area contributed by atoms with Crippen LogP contribution in [0.2, 0.25) is 5.02 Å². The second kappa shape index (κ2) is 10.5. The number of rotatable bonds is 9. The summed E-state index contributed by atoms with van der Waals surface area (Å²) < 4.78 is 5.29. The molecule has 164 valence electrons. The third kappa shape index (κ3) is 6.03. The third-order valence-corrected chi connectivity index (χ3v) is 4.09. The van der Waals surface area contributed by atoms with Crippen LogP contribution in [0.4, 0.5) is 17.3 Å². The van der Waals surface area contributed by atoms with Gasteiger partial charge in [0.15, 0.2) is 6.61 Å². The molecule has 0 spiro atoms.